The van der Waals surface area contributed by atoms with E-state index in [1.807, 2.05) is 38.1 Å². The topological polar surface area (TPSA) is 77.5 Å². The molecule has 3 rings (SSSR count). The lowest BCUT2D eigenvalue weighted by Gasteiger charge is -2.15. The molecule has 0 aliphatic carbocycles. The fourth-order valence-corrected chi connectivity index (χ4v) is 2.80. The second-order valence-corrected chi connectivity index (χ2v) is 6.32. The van der Waals surface area contributed by atoms with Gasteiger partial charge in [-0.25, -0.2) is 4.79 Å². The van der Waals surface area contributed by atoms with Gasteiger partial charge in [0.1, 0.15) is 5.75 Å². The predicted molar refractivity (Wildman–Crippen MR) is 108 cm³/mol. The number of rotatable bonds is 6. The quantitative estimate of drug-likeness (QED) is 0.653. The molecule has 0 aliphatic heterocycles. The van der Waals surface area contributed by atoms with Gasteiger partial charge in [0.2, 0.25) is 0 Å². The van der Waals surface area contributed by atoms with Crippen LogP contribution in [0.3, 0.4) is 0 Å². The van der Waals surface area contributed by atoms with E-state index in [9.17, 15) is 9.59 Å². The number of hydrogen-bond donors (Lipinski definition) is 1. The number of hydrogen-bond acceptors (Lipinski definition) is 5. The molecule has 3 aromatic rings. The lowest BCUT2D eigenvalue weighted by Crippen LogP contribution is -2.30. The second kappa shape index (κ2) is 8.52. The van der Waals surface area contributed by atoms with Crippen molar-refractivity contribution in [1.82, 2.24) is 4.98 Å². The number of benzene rings is 2. The molecular weight excluding hydrogens is 356 g/mol. The number of anilines is 1. The molecule has 6 nitrogen and oxygen atoms in total. The van der Waals surface area contributed by atoms with Crippen LogP contribution < -0.4 is 10.1 Å². The fourth-order valence-electron chi connectivity index (χ4n) is 2.80. The number of esters is 1. The van der Waals surface area contributed by atoms with Crippen molar-refractivity contribution in [3.05, 3.63) is 65.9 Å². The van der Waals surface area contributed by atoms with E-state index in [1.165, 1.54) is 6.92 Å². The monoisotopic (exact) mass is 378 g/mol. The molecule has 0 fully saturated rings. The zero-order chi connectivity index (χ0) is 20.1. The van der Waals surface area contributed by atoms with Crippen LogP contribution in [0.5, 0.6) is 5.75 Å². The molecule has 1 atom stereocenters. The van der Waals surface area contributed by atoms with E-state index < -0.39 is 18.0 Å². The van der Waals surface area contributed by atoms with Gasteiger partial charge in [-0.2, -0.15) is 0 Å². The maximum Gasteiger partial charge on any atom is 0.339 e. The van der Waals surface area contributed by atoms with Crippen LogP contribution in [0.2, 0.25) is 0 Å². The molecule has 0 radical (unpaired) electrons. The van der Waals surface area contributed by atoms with Gasteiger partial charge in [0.05, 0.1) is 17.7 Å². The molecule has 1 amide bonds. The predicted octanol–water partition coefficient (Wildman–Crippen LogP) is 4.13. The van der Waals surface area contributed by atoms with Crippen LogP contribution in [-0.4, -0.2) is 29.6 Å². The van der Waals surface area contributed by atoms with Gasteiger partial charge < -0.3 is 14.8 Å². The van der Waals surface area contributed by atoms with E-state index in [0.29, 0.717) is 34.5 Å². The Labute approximate surface area is 163 Å². The van der Waals surface area contributed by atoms with Gasteiger partial charge in [0.25, 0.3) is 5.91 Å². The van der Waals surface area contributed by atoms with Crippen LogP contribution in [0, 0.1) is 6.92 Å². The Morgan fingerprint density at radius 2 is 1.82 bits per heavy atom. The summed E-state index contributed by atoms with van der Waals surface area (Å²) in [5.41, 5.74) is 2.41. The maximum atomic E-state index is 12.6. The lowest BCUT2D eigenvalue weighted by molar-refractivity contribution is -0.123. The number of para-hydroxylation sites is 1. The molecule has 0 saturated heterocycles. The van der Waals surface area contributed by atoms with Gasteiger partial charge in [-0.05, 0) is 57.2 Å². The molecule has 0 unspecified atom stereocenters. The Morgan fingerprint density at radius 1 is 1.11 bits per heavy atom. The summed E-state index contributed by atoms with van der Waals surface area (Å²) in [4.78, 5) is 29.4. The van der Waals surface area contributed by atoms with E-state index in [-0.39, 0.29) is 0 Å². The molecule has 1 aromatic heterocycles. The lowest BCUT2D eigenvalue weighted by atomic mass is 10.1. The molecule has 28 heavy (non-hydrogen) atoms. The summed E-state index contributed by atoms with van der Waals surface area (Å²) in [6.07, 6.45) is -0.952. The average Bonchev–Trinajstić information content (AvgIpc) is 2.68. The third-order valence-electron chi connectivity index (χ3n) is 4.15. The Kier molecular flexibility index (Phi) is 5.89. The maximum absolute atomic E-state index is 12.6. The minimum Gasteiger partial charge on any atom is -0.494 e. The molecule has 0 saturated carbocycles. The van der Waals surface area contributed by atoms with Crippen molar-refractivity contribution in [1.29, 1.82) is 0 Å². The van der Waals surface area contributed by atoms with Crippen LogP contribution in [-0.2, 0) is 9.53 Å². The Bertz CT molecular complexity index is 999. The number of fused-ring (bicyclic) bond motifs is 1. The number of nitrogens with one attached hydrogen (secondary N) is 1. The summed E-state index contributed by atoms with van der Waals surface area (Å²) in [6.45, 7) is 5.82. The summed E-state index contributed by atoms with van der Waals surface area (Å²) in [5.74, 6) is -0.247. The number of carbonyl (C=O) groups is 2. The largest absolute Gasteiger partial charge is 0.494 e. The number of pyridine rings is 1. The first-order valence-electron chi connectivity index (χ1n) is 9.09. The number of amides is 1. The SMILES string of the molecule is CCOc1ccc(NC(=O)[C@H](C)OC(=O)c2cc(C)nc3ccccc23)cc1. The second-order valence-electron chi connectivity index (χ2n) is 6.32. The first kappa shape index (κ1) is 19.4. The smallest absolute Gasteiger partial charge is 0.339 e. The van der Waals surface area contributed by atoms with E-state index in [0.717, 1.165) is 5.75 Å². The molecule has 0 bridgehead atoms. The molecule has 0 spiro atoms. The van der Waals surface area contributed by atoms with Crippen LogP contribution in [0.15, 0.2) is 54.6 Å². The average molecular weight is 378 g/mol. The number of nitrogens with zero attached hydrogens (tertiary/aromatic N) is 1. The highest BCUT2D eigenvalue weighted by Gasteiger charge is 2.21. The van der Waals surface area contributed by atoms with Crippen LogP contribution in [0.1, 0.15) is 29.9 Å². The summed E-state index contributed by atoms with van der Waals surface area (Å²) in [5, 5.41) is 3.42. The van der Waals surface area contributed by atoms with Crippen molar-refractivity contribution < 1.29 is 19.1 Å². The van der Waals surface area contributed by atoms with Crippen molar-refractivity contribution in [3.8, 4) is 5.75 Å². The molecule has 1 heterocycles. The first-order valence-corrected chi connectivity index (χ1v) is 9.09. The third-order valence-corrected chi connectivity index (χ3v) is 4.15. The number of ether oxygens (including phenoxy) is 2. The van der Waals surface area contributed by atoms with E-state index in [1.54, 1.807) is 30.3 Å². The summed E-state index contributed by atoms with van der Waals surface area (Å²) >= 11 is 0. The Balaban J connectivity index is 1.69. The Morgan fingerprint density at radius 3 is 2.54 bits per heavy atom. The van der Waals surface area contributed by atoms with Crippen LogP contribution in [0.4, 0.5) is 5.69 Å². The van der Waals surface area contributed by atoms with Crippen molar-refractivity contribution in [3.63, 3.8) is 0 Å². The van der Waals surface area contributed by atoms with Crippen molar-refractivity contribution in [2.24, 2.45) is 0 Å². The summed E-state index contributed by atoms with van der Waals surface area (Å²) < 4.78 is 10.8. The summed E-state index contributed by atoms with van der Waals surface area (Å²) in [6, 6.07) is 16.0. The highest BCUT2D eigenvalue weighted by atomic mass is 16.5. The van der Waals surface area contributed by atoms with Crippen LogP contribution >= 0.6 is 0 Å². The molecular formula is C22H22N2O4. The number of aromatic nitrogens is 1. The normalized spacial score (nSPS) is 11.7. The number of aryl methyl sites for hydroxylation is 1. The molecule has 6 heteroatoms. The van der Waals surface area contributed by atoms with Gasteiger partial charge in [0.15, 0.2) is 6.10 Å². The first-order chi connectivity index (χ1) is 13.5. The fraction of sp³-hybridized carbons (Fsp3) is 0.227. The zero-order valence-electron chi connectivity index (χ0n) is 16.1. The van der Waals surface area contributed by atoms with Gasteiger partial charge in [-0.1, -0.05) is 18.2 Å². The third kappa shape index (κ3) is 4.46. The zero-order valence-corrected chi connectivity index (χ0v) is 16.1. The van der Waals surface area contributed by atoms with Gasteiger partial charge in [-0.3, -0.25) is 9.78 Å². The van der Waals surface area contributed by atoms with Gasteiger partial charge >= 0.3 is 5.97 Å². The van der Waals surface area contributed by atoms with E-state index in [2.05, 4.69) is 10.3 Å². The molecule has 0 aliphatic rings. The van der Waals surface area contributed by atoms with Gasteiger partial charge in [0, 0.05) is 16.8 Å². The molecule has 144 valence electrons. The summed E-state index contributed by atoms with van der Waals surface area (Å²) in [7, 11) is 0. The van der Waals surface area contributed by atoms with Crippen molar-refractivity contribution in [2.45, 2.75) is 26.9 Å². The number of carbonyl (C=O) groups excluding carboxylic acids is 2. The highest BCUT2D eigenvalue weighted by Crippen LogP contribution is 2.20. The minimum absolute atomic E-state index is 0.392. The standard InChI is InChI=1S/C22H22N2O4/c1-4-27-17-11-9-16(10-12-17)24-21(25)15(3)28-22(26)19-13-14(2)23-20-8-6-5-7-18(19)20/h5-13,15H,4H2,1-3H3,(H,24,25)/t15-/m0/s1. The minimum atomic E-state index is -0.952. The highest BCUT2D eigenvalue weighted by molar-refractivity contribution is 6.05. The molecule has 1 N–H and O–H groups in total. The van der Waals surface area contributed by atoms with Crippen molar-refractivity contribution >= 4 is 28.5 Å². The van der Waals surface area contributed by atoms with Crippen molar-refractivity contribution in [2.75, 3.05) is 11.9 Å². The van der Waals surface area contributed by atoms with E-state index >= 15 is 0 Å². The van der Waals surface area contributed by atoms with E-state index in [4.69, 9.17) is 9.47 Å². The van der Waals surface area contributed by atoms with Gasteiger partial charge in [-0.15, -0.1) is 0 Å². The Hall–Kier alpha value is -3.41. The van der Waals surface area contributed by atoms with Crippen LogP contribution in [0.25, 0.3) is 10.9 Å². The molecule has 2 aromatic carbocycles.